The number of rotatable bonds is 7. The Labute approximate surface area is 218 Å². The summed E-state index contributed by atoms with van der Waals surface area (Å²) in [5, 5.41) is 11.5. The number of benzene rings is 3. The first-order valence-corrected chi connectivity index (χ1v) is 12.0. The van der Waals surface area contributed by atoms with Gasteiger partial charge in [-0.2, -0.15) is 0 Å². The molecule has 1 amide bonds. The molecule has 3 aromatic rings. The molecular formula is C28H25ClF2N2O4. The van der Waals surface area contributed by atoms with Crippen LogP contribution in [-0.2, 0) is 9.59 Å². The highest BCUT2D eigenvalue weighted by atomic mass is 35.5. The van der Waals surface area contributed by atoms with Gasteiger partial charge in [0.15, 0.2) is 11.6 Å². The predicted molar refractivity (Wildman–Crippen MR) is 139 cm³/mol. The second-order valence-electron chi connectivity index (χ2n) is 8.38. The van der Waals surface area contributed by atoms with Crippen molar-refractivity contribution in [2.24, 2.45) is 0 Å². The molecule has 4 rings (SSSR count). The molecule has 192 valence electrons. The monoisotopic (exact) mass is 526 g/mol. The number of methoxy groups -OCH3 is 1. The summed E-state index contributed by atoms with van der Waals surface area (Å²) in [5.74, 6) is -4.39. The van der Waals surface area contributed by atoms with Crippen LogP contribution in [0.15, 0.2) is 66.2 Å². The summed E-state index contributed by atoms with van der Waals surface area (Å²) in [6, 6.07) is 13.5. The van der Waals surface area contributed by atoms with Crippen LogP contribution in [0.4, 0.5) is 20.2 Å². The van der Waals surface area contributed by atoms with E-state index in [-0.39, 0.29) is 21.8 Å². The van der Waals surface area contributed by atoms with Gasteiger partial charge in [0.2, 0.25) is 0 Å². The molecule has 9 heteroatoms. The van der Waals surface area contributed by atoms with Gasteiger partial charge >= 0.3 is 0 Å². The molecule has 6 nitrogen and oxygen atoms in total. The SMILES string of the molecule is CCN(CC)c1ccc(C2/C(=C(\O)c3cc(OC)ccc3Cl)C(=O)C(=O)N2c2ccc(F)c(F)c2)cc1. The number of anilines is 2. The van der Waals surface area contributed by atoms with E-state index in [1.165, 1.54) is 25.3 Å². The zero-order valence-corrected chi connectivity index (χ0v) is 21.2. The Balaban J connectivity index is 1.94. The molecule has 0 aromatic heterocycles. The average Bonchev–Trinajstić information content (AvgIpc) is 3.17. The van der Waals surface area contributed by atoms with Crippen molar-refractivity contribution < 1.29 is 28.2 Å². The minimum Gasteiger partial charge on any atom is -0.507 e. The van der Waals surface area contributed by atoms with E-state index in [1.807, 2.05) is 26.0 Å². The number of hydrogen-bond donors (Lipinski definition) is 1. The van der Waals surface area contributed by atoms with Gasteiger partial charge in [-0.15, -0.1) is 0 Å². The lowest BCUT2D eigenvalue weighted by Crippen LogP contribution is -2.29. The summed E-state index contributed by atoms with van der Waals surface area (Å²) in [6.45, 7) is 5.59. The van der Waals surface area contributed by atoms with E-state index in [4.69, 9.17) is 16.3 Å². The number of aliphatic hydroxyl groups is 1. The van der Waals surface area contributed by atoms with Crippen molar-refractivity contribution >= 4 is 40.4 Å². The number of hydrogen-bond acceptors (Lipinski definition) is 5. The smallest absolute Gasteiger partial charge is 0.300 e. The second-order valence-corrected chi connectivity index (χ2v) is 8.78. The Morgan fingerprint density at radius 2 is 1.68 bits per heavy atom. The maximum atomic E-state index is 14.2. The molecule has 37 heavy (non-hydrogen) atoms. The van der Waals surface area contributed by atoms with Crippen molar-refractivity contribution in [2.45, 2.75) is 19.9 Å². The highest BCUT2D eigenvalue weighted by Gasteiger charge is 2.47. The first-order valence-electron chi connectivity index (χ1n) is 11.7. The Morgan fingerprint density at radius 3 is 2.27 bits per heavy atom. The van der Waals surface area contributed by atoms with Gasteiger partial charge in [-0.1, -0.05) is 23.7 Å². The van der Waals surface area contributed by atoms with E-state index in [1.54, 1.807) is 18.2 Å². The van der Waals surface area contributed by atoms with Gasteiger partial charge in [-0.05, 0) is 61.9 Å². The summed E-state index contributed by atoms with van der Waals surface area (Å²) < 4.78 is 33.1. The van der Waals surface area contributed by atoms with Crippen LogP contribution in [-0.4, -0.2) is 37.0 Å². The van der Waals surface area contributed by atoms with Crippen molar-refractivity contribution in [2.75, 3.05) is 30.0 Å². The van der Waals surface area contributed by atoms with Gasteiger partial charge in [0.1, 0.15) is 11.5 Å². The molecule has 1 saturated heterocycles. The van der Waals surface area contributed by atoms with Gasteiger partial charge in [-0.3, -0.25) is 14.5 Å². The first kappa shape index (κ1) is 26.2. The van der Waals surface area contributed by atoms with E-state index in [2.05, 4.69) is 4.90 Å². The molecule has 3 aromatic carbocycles. The Kier molecular flexibility index (Phi) is 7.50. The normalized spacial score (nSPS) is 16.8. The third-order valence-electron chi connectivity index (χ3n) is 6.39. The standard InChI is InChI=1S/C28H25ClF2N2O4/c1-4-32(5-2)17-8-6-16(7-9-17)25-24(26(34)20-15-19(37-3)11-12-21(20)29)27(35)28(36)33(25)18-10-13-22(30)23(31)14-18/h6-15,25,34H,4-5H2,1-3H3/b26-24+. The van der Waals surface area contributed by atoms with Gasteiger partial charge in [0, 0.05) is 36.1 Å². The lowest BCUT2D eigenvalue weighted by atomic mass is 9.94. The van der Waals surface area contributed by atoms with Crippen LogP contribution in [0.25, 0.3) is 5.76 Å². The van der Waals surface area contributed by atoms with Crippen LogP contribution < -0.4 is 14.5 Å². The molecule has 1 N–H and O–H groups in total. The summed E-state index contributed by atoms with van der Waals surface area (Å²) >= 11 is 6.33. The molecule has 1 unspecified atom stereocenters. The molecule has 0 spiro atoms. The molecule has 1 aliphatic heterocycles. The van der Waals surface area contributed by atoms with Crippen LogP contribution in [0.3, 0.4) is 0 Å². The zero-order valence-electron chi connectivity index (χ0n) is 20.5. The fourth-order valence-electron chi connectivity index (χ4n) is 4.46. The fourth-order valence-corrected chi connectivity index (χ4v) is 4.67. The van der Waals surface area contributed by atoms with Crippen LogP contribution in [0.1, 0.15) is 31.0 Å². The van der Waals surface area contributed by atoms with Gasteiger partial charge in [-0.25, -0.2) is 8.78 Å². The summed E-state index contributed by atoms with van der Waals surface area (Å²) in [6.07, 6.45) is 0. The molecule has 0 saturated carbocycles. The third-order valence-corrected chi connectivity index (χ3v) is 6.72. The van der Waals surface area contributed by atoms with Gasteiger partial charge in [0.05, 0.1) is 23.7 Å². The van der Waals surface area contributed by atoms with Crippen molar-refractivity contribution in [1.29, 1.82) is 0 Å². The maximum Gasteiger partial charge on any atom is 0.300 e. The Hall–Kier alpha value is -3.91. The number of Topliss-reactive ketones (excluding diaryl/α,β-unsaturated/α-hetero) is 1. The molecule has 0 bridgehead atoms. The third kappa shape index (κ3) is 4.76. The largest absolute Gasteiger partial charge is 0.507 e. The number of aliphatic hydroxyl groups excluding tert-OH is 1. The molecule has 1 aliphatic rings. The molecule has 0 aliphatic carbocycles. The zero-order chi connectivity index (χ0) is 26.9. The first-order chi connectivity index (χ1) is 17.7. The van der Waals surface area contributed by atoms with Crippen molar-refractivity contribution in [1.82, 2.24) is 0 Å². The molecule has 1 fully saturated rings. The second kappa shape index (κ2) is 10.6. The van der Waals surface area contributed by atoms with Gasteiger partial charge in [0.25, 0.3) is 11.7 Å². The maximum absolute atomic E-state index is 14.2. The topological polar surface area (TPSA) is 70.1 Å². The summed E-state index contributed by atoms with van der Waals surface area (Å²) in [7, 11) is 1.44. The number of carbonyl (C=O) groups is 2. The van der Waals surface area contributed by atoms with E-state index in [9.17, 15) is 23.5 Å². The van der Waals surface area contributed by atoms with Crippen molar-refractivity contribution in [3.63, 3.8) is 0 Å². The van der Waals surface area contributed by atoms with Crippen LogP contribution in [0.5, 0.6) is 5.75 Å². The highest BCUT2D eigenvalue weighted by molar-refractivity contribution is 6.52. The Bertz CT molecular complexity index is 1390. The van der Waals surface area contributed by atoms with Crippen LogP contribution in [0, 0.1) is 11.6 Å². The summed E-state index contributed by atoms with van der Waals surface area (Å²) in [4.78, 5) is 29.7. The number of ketones is 1. The highest BCUT2D eigenvalue weighted by Crippen LogP contribution is 2.44. The van der Waals surface area contributed by atoms with E-state index in [0.717, 1.165) is 35.8 Å². The quantitative estimate of drug-likeness (QED) is 0.229. The van der Waals surface area contributed by atoms with Crippen molar-refractivity contribution in [3.8, 4) is 5.75 Å². The lowest BCUT2D eigenvalue weighted by Gasteiger charge is -2.27. The Morgan fingerprint density at radius 1 is 1.00 bits per heavy atom. The molecule has 1 heterocycles. The van der Waals surface area contributed by atoms with E-state index >= 15 is 0 Å². The van der Waals surface area contributed by atoms with Gasteiger partial charge < -0.3 is 14.7 Å². The fraction of sp³-hybridized carbons (Fsp3) is 0.214. The van der Waals surface area contributed by atoms with Crippen LogP contribution >= 0.6 is 11.6 Å². The van der Waals surface area contributed by atoms with E-state index < -0.39 is 35.1 Å². The molecular weight excluding hydrogens is 502 g/mol. The van der Waals surface area contributed by atoms with Crippen LogP contribution in [0.2, 0.25) is 5.02 Å². The number of amides is 1. The number of halogens is 3. The average molecular weight is 527 g/mol. The molecule has 1 atom stereocenters. The number of carbonyl (C=O) groups excluding carboxylic acids is 2. The van der Waals surface area contributed by atoms with Crippen molar-refractivity contribution in [3.05, 3.63) is 94.0 Å². The minimum absolute atomic E-state index is 0.0328. The number of ether oxygens (including phenoxy) is 1. The van der Waals surface area contributed by atoms with E-state index in [0.29, 0.717) is 11.3 Å². The number of nitrogens with zero attached hydrogens (tertiary/aromatic N) is 2. The summed E-state index contributed by atoms with van der Waals surface area (Å²) in [5.41, 5.74) is 1.24. The lowest BCUT2D eigenvalue weighted by molar-refractivity contribution is -0.132. The minimum atomic E-state index is -1.18. The molecule has 0 radical (unpaired) electrons. The predicted octanol–water partition coefficient (Wildman–Crippen LogP) is 6.10.